The van der Waals surface area contributed by atoms with E-state index in [2.05, 4.69) is 43.5 Å². The predicted octanol–water partition coefficient (Wildman–Crippen LogP) is 19.8. The van der Waals surface area contributed by atoms with Crippen molar-refractivity contribution < 1.29 is 24.5 Å². The summed E-state index contributed by atoms with van der Waals surface area (Å²) >= 11 is 0. The third-order valence-corrected chi connectivity index (χ3v) is 14.8. The monoisotopic (exact) mass is 986 g/mol. The summed E-state index contributed by atoms with van der Waals surface area (Å²) in [6, 6.07) is -0.553. The second-order valence-corrected chi connectivity index (χ2v) is 21.7. The van der Waals surface area contributed by atoms with Crippen molar-refractivity contribution in [2.45, 2.75) is 360 Å². The van der Waals surface area contributed by atoms with Gasteiger partial charge in [-0.25, -0.2) is 0 Å². The van der Waals surface area contributed by atoms with Gasteiger partial charge in [-0.05, 0) is 57.8 Å². The Bertz CT molecular complexity index is 1090. The highest BCUT2D eigenvalue weighted by Crippen LogP contribution is 2.18. The Balaban J connectivity index is 3.44. The molecule has 0 aromatic heterocycles. The van der Waals surface area contributed by atoms with Crippen LogP contribution in [0.4, 0.5) is 0 Å². The maximum absolute atomic E-state index is 12.5. The molecule has 0 saturated heterocycles. The molecule has 70 heavy (non-hydrogen) atoms. The number of rotatable bonds is 59. The Morgan fingerprint density at radius 1 is 0.400 bits per heavy atom. The zero-order chi connectivity index (χ0) is 50.7. The van der Waals surface area contributed by atoms with Gasteiger partial charge < -0.3 is 20.3 Å². The van der Waals surface area contributed by atoms with Crippen LogP contribution < -0.4 is 5.32 Å². The minimum Gasteiger partial charge on any atom is -0.466 e. The van der Waals surface area contributed by atoms with Crippen molar-refractivity contribution in [3.05, 3.63) is 24.3 Å². The summed E-state index contributed by atoms with van der Waals surface area (Å²) in [5.41, 5.74) is 0. The van der Waals surface area contributed by atoms with Crippen LogP contribution in [-0.2, 0) is 14.3 Å². The van der Waals surface area contributed by atoms with Crippen LogP contribution in [0.1, 0.15) is 348 Å². The quantitative estimate of drug-likeness (QED) is 0.0321. The van der Waals surface area contributed by atoms with Gasteiger partial charge in [0, 0.05) is 12.8 Å². The highest BCUT2D eigenvalue weighted by molar-refractivity contribution is 5.76. The highest BCUT2D eigenvalue weighted by Gasteiger charge is 2.20. The van der Waals surface area contributed by atoms with E-state index in [1.165, 1.54) is 257 Å². The molecule has 0 aliphatic heterocycles. The van der Waals surface area contributed by atoms with Crippen molar-refractivity contribution in [3.8, 4) is 0 Å². The molecular formula is C64H123NO5. The zero-order valence-electron chi connectivity index (χ0n) is 47.3. The molecule has 0 bridgehead atoms. The average molecular weight is 987 g/mol. The summed E-state index contributed by atoms with van der Waals surface area (Å²) in [7, 11) is 0. The van der Waals surface area contributed by atoms with Gasteiger partial charge in [-0.2, -0.15) is 0 Å². The first-order chi connectivity index (χ1) is 34.5. The first-order valence-corrected chi connectivity index (χ1v) is 31.6. The number of hydrogen-bond acceptors (Lipinski definition) is 5. The number of nitrogens with one attached hydrogen (secondary N) is 1. The molecule has 3 N–H and O–H groups in total. The van der Waals surface area contributed by atoms with E-state index in [1.54, 1.807) is 0 Å². The van der Waals surface area contributed by atoms with Crippen molar-refractivity contribution >= 4 is 11.9 Å². The van der Waals surface area contributed by atoms with E-state index in [9.17, 15) is 19.8 Å². The maximum atomic E-state index is 12.5. The van der Waals surface area contributed by atoms with E-state index in [-0.39, 0.29) is 18.5 Å². The molecule has 0 aromatic rings. The van der Waals surface area contributed by atoms with Gasteiger partial charge in [0.15, 0.2) is 0 Å². The molecule has 0 radical (unpaired) electrons. The molecule has 0 spiro atoms. The molecule has 0 rings (SSSR count). The van der Waals surface area contributed by atoms with Crippen LogP contribution in [0.25, 0.3) is 0 Å². The van der Waals surface area contributed by atoms with E-state index in [1.807, 2.05) is 0 Å². The lowest BCUT2D eigenvalue weighted by Gasteiger charge is -2.22. The zero-order valence-corrected chi connectivity index (χ0v) is 47.3. The van der Waals surface area contributed by atoms with Gasteiger partial charge >= 0.3 is 5.97 Å². The van der Waals surface area contributed by atoms with Gasteiger partial charge in [0.2, 0.25) is 5.91 Å². The lowest BCUT2D eigenvalue weighted by molar-refractivity contribution is -0.143. The van der Waals surface area contributed by atoms with Crippen molar-refractivity contribution in [1.82, 2.24) is 5.32 Å². The molecule has 2 atom stereocenters. The van der Waals surface area contributed by atoms with Gasteiger partial charge in [0.25, 0.3) is 0 Å². The molecule has 6 nitrogen and oxygen atoms in total. The van der Waals surface area contributed by atoms with Crippen LogP contribution in [0.15, 0.2) is 24.3 Å². The lowest BCUT2D eigenvalue weighted by atomic mass is 10.0. The summed E-state index contributed by atoms with van der Waals surface area (Å²) in [5.74, 6) is -0.0630. The van der Waals surface area contributed by atoms with Crippen LogP contribution >= 0.6 is 0 Å². The van der Waals surface area contributed by atoms with E-state index in [0.29, 0.717) is 25.9 Å². The van der Waals surface area contributed by atoms with Crippen molar-refractivity contribution in [2.75, 3.05) is 13.2 Å². The van der Waals surface area contributed by atoms with E-state index < -0.39 is 12.1 Å². The first kappa shape index (κ1) is 68.3. The van der Waals surface area contributed by atoms with E-state index in [4.69, 9.17) is 4.74 Å². The van der Waals surface area contributed by atoms with Gasteiger partial charge in [-0.3, -0.25) is 9.59 Å². The maximum Gasteiger partial charge on any atom is 0.305 e. The number of allylic oxidation sites excluding steroid dienone is 4. The largest absolute Gasteiger partial charge is 0.466 e. The standard InChI is InChI=1S/C64H123NO5/c1-3-5-7-9-11-13-15-17-19-20-21-22-23-24-25-26-27-28-30-32-36-40-44-48-52-56-62(67)61(60-66)65-63(68)57-53-49-45-41-37-33-31-35-39-43-47-51-55-59-70-64(69)58-54-50-46-42-38-34-29-18-16-14-12-10-8-6-4-2/h12,14,18,29,61-62,66-67H,3-11,13,15-17,19-28,30-60H2,1-2H3,(H,65,68)/b14-12-,29-18-. The Hall–Kier alpha value is -1.66. The SMILES string of the molecule is CCCCC/C=C\C/C=C\CCCCCCCC(=O)OCCCCCCCCCCCCCCCC(=O)NC(CO)C(O)CCCCCCCCCCCCCCCCCCCCCCCCCCC. The third kappa shape index (κ3) is 55.7. The smallest absolute Gasteiger partial charge is 0.305 e. The Labute approximate surface area is 437 Å². The summed E-state index contributed by atoms with van der Waals surface area (Å²) in [4.78, 5) is 24.6. The second-order valence-electron chi connectivity index (χ2n) is 21.7. The van der Waals surface area contributed by atoms with Crippen LogP contribution in [0, 0.1) is 0 Å². The fourth-order valence-corrected chi connectivity index (χ4v) is 9.91. The number of amides is 1. The molecule has 0 heterocycles. The molecule has 0 saturated carbocycles. The van der Waals surface area contributed by atoms with Crippen molar-refractivity contribution in [3.63, 3.8) is 0 Å². The summed E-state index contributed by atoms with van der Waals surface area (Å²) in [6.07, 6.45) is 73.2. The lowest BCUT2D eigenvalue weighted by Crippen LogP contribution is -2.45. The van der Waals surface area contributed by atoms with Gasteiger partial charge in [0.1, 0.15) is 0 Å². The molecule has 2 unspecified atom stereocenters. The van der Waals surface area contributed by atoms with Gasteiger partial charge in [-0.15, -0.1) is 0 Å². The minimum absolute atomic E-state index is 0.0183. The number of aliphatic hydroxyl groups is 2. The molecule has 1 amide bonds. The normalized spacial score (nSPS) is 12.7. The summed E-state index contributed by atoms with van der Waals surface area (Å²) in [5, 5.41) is 23.4. The first-order valence-electron chi connectivity index (χ1n) is 31.6. The minimum atomic E-state index is -0.675. The van der Waals surface area contributed by atoms with Crippen LogP contribution in [0.2, 0.25) is 0 Å². The molecule has 414 valence electrons. The summed E-state index contributed by atoms with van der Waals surface area (Å²) < 4.78 is 5.47. The van der Waals surface area contributed by atoms with Crippen LogP contribution in [-0.4, -0.2) is 47.4 Å². The average Bonchev–Trinajstić information content (AvgIpc) is 3.36. The number of hydrogen-bond donors (Lipinski definition) is 3. The molecule has 0 aliphatic carbocycles. The number of ether oxygens (including phenoxy) is 1. The van der Waals surface area contributed by atoms with Crippen molar-refractivity contribution in [2.24, 2.45) is 0 Å². The Morgan fingerprint density at radius 2 is 0.714 bits per heavy atom. The molecule has 0 fully saturated rings. The second kappa shape index (κ2) is 59.9. The number of esters is 1. The van der Waals surface area contributed by atoms with Crippen LogP contribution in [0.3, 0.4) is 0 Å². The van der Waals surface area contributed by atoms with Crippen molar-refractivity contribution in [1.29, 1.82) is 0 Å². The van der Waals surface area contributed by atoms with Crippen LogP contribution in [0.5, 0.6) is 0 Å². The number of carbonyl (C=O) groups excluding carboxylic acids is 2. The Morgan fingerprint density at radius 3 is 1.11 bits per heavy atom. The predicted molar refractivity (Wildman–Crippen MR) is 306 cm³/mol. The van der Waals surface area contributed by atoms with E-state index in [0.717, 1.165) is 57.8 Å². The highest BCUT2D eigenvalue weighted by atomic mass is 16.5. The van der Waals surface area contributed by atoms with Gasteiger partial charge in [0.05, 0.1) is 25.4 Å². The topological polar surface area (TPSA) is 95.9 Å². The van der Waals surface area contributed by atoms with Gasteiger partial charge in [-0.1, -0.05) is 301 Å². The fourth-order valence-electron chi connectivity index (χ4n) is 9.91. The number of unbranched alkanes of at least 4 members (excludes halogenated alkanes) is 44. The molecular weight excluding hydrogens is 863 g/mol. The van der Waals surface area contributed by atoms with E-state index >= 15 is 0 Å². The molecule has 0 aromatic carbocycles. The number of aliphatic hydroxyl groups excluding tert-OH is 2. The third-order valence-electron chi connectivity index (χ3n) is 14.8. The molecule has 6 heteroatoms. The summed E-state index contributed by atoms with van der Waals surface area (Å²) in [6.45, 7) is 4.92. The fraction of sp³-hybridized carbons (Fsp3) is 0.906. The Kier molecular flexibility index (Phi) is 58.5. The number of carbonyl (C=O) groups is 2. The molecule has 0 aliphatic rings.